The fourth-order valence-corrected chi connectivity index (χ4v) is 2.86. The summed E-state index contributed by atoms with van der Waals surface area (Å²) in [6.07, 6.45) is 3.90. The molecular formula is C14H15N3OS. The predicted octanol–water partition coefficient (Wildman–Crippen LogP) is 3.06. The van der Waals surface area contributed by atoms with Gasteiger partial charge in [0, 0.05) is 28.9 Å². The molecule has 19 heavy (non-hydrogen) atoms. The van der Waals surface area contributed by atoms with Crippen LogP contribution in [0.25, 0.3) is 0 Å². The lowest BCUT2D eigenvalue weighted by atomic mass is 10.0. The van der Waals surface area contributed by atoms with Gasteiger partial charge in [-0.2, -0.15) is 0 Å². The van der Waals surface area contributed by atoms with Crippen molar-refractivity contribution in [2.24, 2.45) is 0 Å². The number of amides is 1. The minimum absolute atomic E-state index is 0.0947. The Balaban J connectivity index is 1.80. The van der Waals surface area contributed by atoms with Crippen molar-refractivity contribution < 1.29 is 4.79 Å². The van der Waals surface area contributed by atoms with E-state index in [-0.39, 0.29) is 5.91 Å². The third-order valence-corrected chi connectivity index (χ3v) is 3.98. The molecule has 0 atom stereocenters. The predicted molar refractivity (Wildman–Crippen MR) is 78.1 cm³/mol. The first-order valence-electron chi connectivity index (χ1n) is 6.33. The lowest BCUT2D eigenvalue weighted by molar-refractivity contribution is 0.102. The molecule has 2 aromatic rings. The van der Waals surface area contributed by atoms with Gasteiger partial charge in [0.05, 0.1) is 0 Å². The van der Waals surface area contributed by atoms with Crippen LogP contribution in [0.3, 0.4) is 0 Å². The van der Waals surface area contributed by atoms with Gasteiger partial charge < -0.3 is 5.32 Å². The van der Waals surface area contributed by atoms with E-state index in [1.165, 1.54) is 16.9 Å². The maximum atomic E-state index is 12.1. The van der Waals surface area contributed by atoms with Gasteiger partial charge in [0.1, 0.15) is 0 Å². The number of carbonyl (C=O) groups is 1. The highest BCUT2D eigenvalue weighted by Crippen LogP contribution is 2.24. The minimum atomic E-state index is -0.0947. The van der Waals surface area contributed by atoms with Crippen LogP contribution in [0.5, 0.6) is 0 Å². The van der Waals surface area contributed by atoms with Crippen LogP contribution in [0.15, 0.2) is 24.4 Å². The molecule has 1 aliphatic heterocycles. The normalized spacial score (nSPS) is 13.5. The Morgan fingerprint density at radius 2 is 2.37 bits per heavy atom. The largest absolute Gasteiger partial charge is 0.385 e. The van der Waals surface area contributed by atoms with Gasteiger partial charge in [-0.25, -0.2) is 4.98 Å². The second-order valence-electron chi connectivity index (χ2n) is 4.63. The summed E-state index contributed by atoms with van der Waals surface area (Å²) in [7, 11) is 0. The molecule has 1 amide bonds. The molecule has 0 unspecified atom stereocenters. The van der Waals surface area contributed by atoms with Crippen LogP contribution in [0.1, 0.15) is 27.2 Å². The van der Waals surface area contributed by atoms with Crippen LogP contribution >= 0.6 is 11.3 Å². The summed E-state index contributed by atoms with van der Waals surface area (Å²) in [4.78, 5) is 17.4. The van der Waals surface area contributed by atoms with Gasteiger partial charge in [-0.1, -0.05) is 0 Å². The smallest absolute Gasteiger partial charge is 0.257 e. The molecule has 0 aliphatic carbocycles. The van der Waals surface area contributed by atoms with E-state index >= 15 is 0 Å². The lowest BCUT2D eigenvalue weighted by Gasteiger charge is -2.18. The summed E-state index contributed by atoms with van der Waals surface area (Å²) >= 11 is 1.48. The third-order valence-electron chi connectivity index (χ3n) is 3.15. The van der Waals surface area contributed by atoms with Gasteiger partial charge in [0.15, 0.2) is 5.13 Å². The molecule has 0 bridgehead atoms. The minimum Gasteiger partial charge on any atom is -0.385 e. The zero-order chi connectivity index (χ0) is 13.2. The highest BCUT2D eigenvalue weighted by Gasteiger charge is 2.13. The van der Waals surface area contributed by atoms with Crippen molar-refractivity contribution >= 4 is 28.1 Å². The highest BCUT2D eigenvalue weighted by atomic mass is 32.1. The van der Waals surface area contributed by atoms with E-state index in [0.717, 1.165) is 30.0 Å². The van der Waals surface area contributed by atoms with Crippen LogP contribution < -0.4 is 10.6 Å². The van der Waals surface area contributed by atoms with Gasteiger partial charge in [0.2, 0.25) is 0 Å². The number of anilines is 2. The first kappa shape index (κ1) is 12.2. The second-order valence-corrected chi connectivity index (χ2v) is 5.87. The first-order chi connectivity index (χ1) is 9.22. The van der Waals surface area contributed by atoms with Crippen LogP contribution in [0.4, 0.5) is 10.8 Å². The Bertz CT molecular complexity index is 621. The van der Waals surface area contributed by atoms with E-state index in [1.54, 1.807) is 6.20 Å². The molecule has 0 saturated heterocycles. The fraction of sp³-hybridized carbons (Fsp3) is 0.286. The molecule has 5 heteroatoms. The van der Waals surface area contributed by atoms with Crippen molar-refractivity contribution in [1.29, 1.82) is 0 Å². The molecule has 4 nitrogen and oxygen atoms in total. The molecule has 0 spiro atoms. The number of nitrogens with zero attached hydrogens (tertiary/aromatic N) is 1. The Hall–Kier alpha value is -1.88. The van der Waals surface area contributed by atoms with E-state index < -0.39 is 0 Å². The summed E-state index contributed by atoms with van der Waals surface area (Å²) < 4.78 is 0. The summed E-state index contributed by atoms with van der Waals surface area (Å²) in [6.45, 7) is 2.98. The molecule has 1 aromatic heterocycles. The summed E-state index contributed by atoms with van der Waals surface area (Å²) in [5.41, 5.74) is 3.05. The monoisotopic (exact) mass is 273 g/mol. The van der Waals surface area contributed by atoms with Crippen molar-refractivity contribution in [3.8, 4) is 0 Å². The standard InChI is InChI=1S/C14H15N3OS/c1-9-8-16-14(19-9)17-13(18)11-4-5-12-10(7-11)3-2-6-15-12/h4-5,7-8,15H,2-3,6H2,1H3,(H,16,17,18). The van der Waals surface area contributed by atoms with E-state index in [0.29, 0.717) is 10.7 Å². The summed E-state index contributed by atoms with van der Waals surface area (Å²) in [6, 6.07) is 5.81. The Morgan fingerprint density at radius 1 is 1.47 bits per heavy atom. The number of aryl methyl sites for hydroxylation is 2. The Labute approximate surface area is 115 Å². The molecule has 2 heterocycles. The molecule has 0 saturated carbocycles. The fourth-order valence-electron chi connectivity index (χ4n) is 2.20. The van der Waals surface area contributed by atoms with Crippen LogP contribution in [-0.4, -0.2) is 17.4 Å². The highest BCUT2D eigenvalue weighted by molar-refractivity contribution is 7.15. The quantitative estimate of drug-likeness (QED) is 0.884. The topological polar surface area (TPSA) is 54.0 Å². The first-order valence-corrected chi connectivity index (χ1v) is 7.14. The average Bonchev–Trinajstić information content (AvgIpc) is 2.83. The number of rotatable bonds is 2. The van der Waals surface area contributed by atoms with Crippen molar-refractivity contribution in [2.45, 2.75) is 19.8 Å². The van der Waals surface area contributed by atoms with Gasteiger partial charge in [-0.05, 0) is 43.5 Å². The molecule has 0 radical (unpaired) electrons. The van der Waals surface area contributed by atoms with Crippen molar-refractivity contribution in [3.63, 3.8) is 0 Å². The maximum Gasteiger partial charge on any atom is 0.257 e. The molecular weight excluding hydrogens is 258 g/mol. The van der Waals surface area contributed by atoms with Crippen molar-refractivity contribution in [2.75, 3.05) is 17.2 Å². The maximum absolute atomic E-state index is 12.1. The molecule has 1 aliphatic rings. The molecule has 98 valence electrons. The van der Waals surface area contributed by atoms with E-state index in [9.17, 15) is 4.79 Å². The number of thiazole rings is 1. The number of fused-ring (bicyclic) bond motifs is 1. The molecule has 0 fully saturated rings. The van der Waals surface area contributed by atoms with E-state index in [1.807, 2.05) is 25.1 Å². The lowest BCUT2D eigenvalue weighted by Crippen LogP contribution is -2.15. The van der Waals surface area contributed by atoms with Crippen molar-refractivity contribution in [3.05, 3.63) is 40.4 Å². The zero-order valence-corrected chi connectivity index (χ0v) is 11.5. The van der Waals surface area contributed by atoms with E-state index in [4.69, 9.17) is 0 Å². The number of hydrogen-bond acceptors (Lipinski definition) is 4. The number of hydrogen-bond donors (Lipinski definition) is 2. The Kier molecular flexibility index (Phi) is 3.21. The van der Waals surface area contributed by atoms with Crippen LogP contribution in [0, 0.1) is 6.92 Å². The van der Waals surface area contributed by atoms with Gasteiger partial charge in [-0.3, -0.25) is 10.1 Å². The SMILES string of the molecule is Cc1cnc(NC(=O)c2ccc3c(c2)CCCN3)s1. The Morgan fingerprint density at radius 3 is 3.16 bits per heavy atom. The number of benzene rings is 1. The average molecular weight is 273 g/mol. The van der Waals surface area contributed by atoms with E-state index in [2.05, 4.69) is 15.6 Å². The van der Waals surface area contributed by atoms with Crippen molar-refractivity contribution in [1.82, 2.24) is 4.98 Å². The number of nitrogens with one attached hydrogen (secondary N) is 2. The number of aromatic nitrogens is 1. The number of carbonyl (C=O) groups excluding carboxylic acids is 1. The third kappa shape index (κ3) is 2.61. The molecule has 2 N–H and O–H groups in total. The van der Waals surface area contributed by atoms with Gasteiger partial charge in [0.25, 0.3) is 5.91 Å². The summed E-state index contributed by atoms with van der Waals surface area (Å²) in [5, 5.41) is 6.82. The second kappa shape index (κ2) is 5.01. The molecule has 3 rings (SSSR count). The summed E-state index contributed by atoms with van der Waals surface area (Å²) in [5.74, 6) is -0.0947. The zero-order valence-electron chi connectivity index (χ0n) is 10.7. The van der Waals surface area contributed by atoms with Gasteiger partial charge in [-0.15, -0.1) is 11.3 Å². The van der Waals surface area contributed by atoms with Gasteiger partial charge >= 0.3 is 0 Å². The van der Waals surface area contributed by atoms with Crippen LogP contribution in [-0.2, 0) is 6.42 Å². The van der Waals surface area contributed by atoms with Crippen LogP contribution in [0.2, 0.25) is 0 Å². The molecule has 1 aromatic carbocycles.